The second kappa shape index (κ2) is 7.13. The maximum Gasteiger partial charge on any atom is 0.253 e. The summed E-state index contributed by atoms with van der Waals surface area (Å²) in [6.45, 7) is 7.28. The van der Waals surface area contributed by atoms with Crippen molar-refractivity contribution in [3.8, 4) is 0 Å². The van der Waals surface area contributed by atoms with E-state index in [0.717, 1.165) is 25.0 Å². The molecule has 1 aromatic heterocycles. The molecule has 5 nitrogen and oxygen atoms in total. The lowest BCUT2D eigenvalue weighted by molar-refractivity contribution is 0.0697. The summed E-state index contributed by atoms with van der Waals surface area (Å²) >= 11 is 0. The zero-order valence-corrected chi connectivity index (χ0v) is 15.3. The number of amides is 1. The molecule has 0 radical (unpaired) electrons. The molecule has 2 heterocycles. The van der Waals surface area contributed by atoms with Crippen molar-refractivity contribution in [3.63, 3.8) is 0 Å². The van der Waals surface area contributed by atoms with Crippen molar-refractivity contribution in [3.05, 3.63) is 47.2 Å². The molecule has 7 heteroatoms. The van der Waals surface area contributed by atoms with Crippen molar-refractivity contribution in [2.45, 2.75) is 46.0 Å². The summed E-state index contributed by atoms with van der Waals surface area (Å²) in [5.74, 6) is -1.21. The van der Waals surface area contributed by atoms with Gasteiger partial charge in [0.15, 0.2) is 11.6 Å². The van der Waals surface area contributed by atoms with Crippen LogP contribution in [0.4, 0.5) is 8.78 Å². The molecule has 0 aliphatic carbocycles. The number of carbonyl (C=O) groups excluding carboxylic acids is 1. The van der Waals surface area contributed by atoms with E-state index < -0.39 is 11.6 Å². The number of likely N-dealkylation sites (tertiary alicyclic amines) is 1. The van der Waals surface area contributed by atoms with Crippen LogP contribution in [0.25, 0.3) is 0 Å². The van der Waals surface area contributed by atoms with Crippen molar-refractivity contribution >= 4 is 5.91 Å². The number of piperidine rings is 1. The molecule has 2 aromatic rings. The van der Waals surface area contributed by atoms with Gasteiger partial charge in [0.05, 0.1) is 5.92 Å². The van der Waals surface area contributed by atoms with Crippen molar-refractivity contribution in [1.29, 1.82) is 0 Å². The van der Waals surface area contributed by atoms with Crippen LogP contribution in [0.5, 0.6) is 0 Å². The van der Waals surface area contributed by atoms with Gasteiger partial charge in [-0.05, 0) is 36.5 Å². The molecule has 1 atom stereocenters. The third-order valence-corrected chi connectivity index (χ3v) is 4.39. The van der Waals surface area contributed by atoms with E-state index in [1.54, 1.807) is 4.90 Å². The quantitative estimate of drug-likeness (QED) is 0.828. The lowest BCUT2D eigenvalue weighted by atomic mass is 9.92. The normalized spacial score (nSPS) is 18.2. The minimum absolute atomic E-state index is 0.0424. The summed E-state index contributed by atoms with van der Waals surface area (Å²) in [5.41, 5.74) is 0.189. The Bertz CT molecular complexity index is 798. The van der Waals surface area contributed by atoms with Crippen molar-refractivity contribution < 1.29 is 18.0 Å². The summed E-state index contributed by atoms with van der Waals surface area (Å²) in [6.07, 6.45) is 2.32. The molecule has 1 aliphatic heterocycles. The Hall–Kier alpha value is -2.31. The highest BCUT2D eigenvalue weighted by atomic mass is 19.2. The van der Waals surface area contributed by atoms with Crippen LogP contribution >= 0.6 is 0 Å². The van der Waals surface area contributed by atoms with E-state index in [1.165, 1.54) is 6.07 Å². The number of hydrogen-bond donors (Lipinski definition) is 0. The number of nitrogens with zero attached hydrogens (tertiary/aromatic N) is 3. The topological polar surface area (TPSA) is 59.2 Å². The first kappa shape index (κ1) is 18.5. The summed E-state index contributed by atoms with van der Waals surface area (Å²) in [6, 6.07) is 3.22. The fourth-order valence-corrected chi connectivity index (χ4v) is 3.13. The van der Waals surface area contributed by atoms with Gasteiger partial charge in [-0.2, -0.15) is 0 Å². The van der Waals surface area contributed by atoms with E-state index >= 15 is 0 Å². The third-order valence-electron chi connectivity index (χ3n) is 4.39. The summed E-state index contributed by atoms with van der Waals surface area (Å²) in [5, 5.41) is 8.27. The molecule has 0 saturated carbocycles. The van der Waals surface area contributed by atoms with Gasteiger partial charge in [0.2, 0.25) is 11.8 Å². The Morgan fingerprint density at radius 2 is 2.04 bits per heavy atom. The van der Waals surface area contributed by atoms with Crippen LogP contribution in [0.2, 0.25) is 0 Å². The SMILES string of the molecule is CC(C)(C)Cc1nnc(C2CCCN(C(=O)c3ccc(F)c(F)c3)C2)o1. The second-order valence-electron chi connectivity index (χ2n) is 7.99. The van der Waals surface area contributed by atoms with Crippen LogP contribution in [0, 0.1) is 17.0 Å². The molecule has 3 rings (SSSR count). The van der Waals surface area contributed by atoms with Gasteiger partial charge >= 0.3 is 0 Å². The van der Waals surface area contributed by atoms with Gasteiger partial charge in [-0.15, -0.1) is 10.2 Å². The molecule has 0 bridgehead atoms. The van der Waals surface area contributed by atoms with Crippen LogP contribution in [-0.4, -0.2) is 34.1 Å². The standard InChI is InChI=1S/C19H23F2N3O2/c1-19(2,3)10-16-22-23-17(26-16)13-5-4-8-24(11-13)18(25)12-6-7-14(20)15(21)9-12/h6-7,9,13H,4-5,8,10-11H2,1-3H3. The number of halogens is 2. The Labute approximate surface area is 151 Å². The van der Waals surface area contributed by atoms with Crippen molar-refractivity contribution in [2.75, 3.05) is 13.1 Å². The summed E-state index contributed by atoms with van der Waals surface area (Å²) < 4.78 is 32.3. The number of carbonyl (C=O) groups is 1. The fraction of sp³-hybridized carbons (Fsp3) is 0.526. The summed E-state index contributed by atoms with van der Waals surface area (Å²) in [4.78, 5) is 14.2. The summed E-state index contributed by atoms with van der Waals surface area (Å²) in [7, 11) is 0. The molecule has 0 N–H and O–H groups in total. The highest BCUT2D eigenvalue weighted by Gasteiger charge is 2.29. The zero-order valence-electron chi connectivity index (χ0n) is 15.3. The average Bonchev–Trinajstić information content (AvgIpc) is 3.03. The first-order valence-corrected chi connectivity index (χ1v) is 8.79. The Balaban J connectivity index is 1.71. The number of rotatable bonds is 3. The highest BCUT2D eigenvalue weighted by molar-refractivity contribution is 5.94. The minimum atomic E-state index is -1.02. The maximum atomic E-state index is 13.4. The predicted molar refractivity (Wildman–Crippen MR) is 91.7 cm³/mol. The lowest BCUT2D eigenvalue weighted by Crippen LogP contribution is -2.39. The van der Waals surface area contributed by atoms with E-state index in [4.69, 9.17) is 4.42 Å². The van der Waals surface area contributed by atoms with Gasteiger partial charge in [-0.1, -0.05) is 20.8 Å². The third kappa shape index (κ3) is 4.26. The van der Waals surface area contributed by atoms with Gasteiger partial charge in [-0.25, -0.2) is 8.78 Å². The molecule has 1 aliphatic rings. The second-order valence-corrected chi connectivity index (χ2v) is 7.99. The molecular formula is C19H23F2N3O2. The molecule has 0 spiro atoms. The molecule has 140 valence electrons. The monoisotopic (exact) mass is 363 g/mol. The van der Waals surface area contributed by atoms with Gasteiger partial charge in [0.25, 0.3) is 5.91 Å². The van der Waals surface area contributed by atoms with Crippen molar-refractivity contribution in [2.24, 2.45) is 5.41 Å². The average molecular weight is 363 g/mol. The van der Waals surface area contributed by atoms with Crippen LogP contribution in [-0.2, 0) is 6.42 Å². The predicted octanol–water partition coefficient (Wildman–Crippen LogP) is 3.96. The molecule has 1 unspecified atom stereocenters. The first-order valence-electron chi connectivity index (χ1n) is 8.79. The molecule has 1 saturated heterocycles. The Morgan fingerprint density at radius 1 is 1.27 bits per heavy atom. The number of aromatic nitrogens is 2. The van der Waals surface area contributed by atoms with Gasteiger partial charge in [-0.3, -0.25) is 4.79 Å². The lowest BCUT2D eigenvalue weighted by Gasteiger charge is -2.31. The van der Waals surface area contributed by atoms with E-state index in [-0.39, 0.29) is 22.8 Å². The van der Waals surface area contributed by atoms with E-state index in [9.17, 15) is 13.6 Å². The largest absolute Gasteiger partial charge is 0.425 e. The van der Waals surface area contributed by atoms with Crippen LogP contribution < -0.4 is 0 Å². The van der Waals surface area contributed by atoms with Crippen LogP contribution in [0.3, 0.4) is 0 Å². The van der Waals surface area contributed by atoms with Crippen LogP contribution in [0.15, 0.2) is 22.6 Å². The van der Waals surface area contributed by atoms with Gasteiger partial charge < -0.3 is 9.32 Å². The first-order chi connectivity index (χ1) is 12.2. The molecule has 1 aromatic carbocycles. The van der Waals surface area contributed by atoms with Crippen molar-refractivity contribution in [1.82, 2.24) is 15.1 Å². The molecule has 1 amide bonds. The fourth-order valence-electron chi connectivity index (χ4n) is 3.13. The Kier molecular flexibility index (Phi) is 5.07. The Morgan fingerprint density at radius 3 is 2.73 bits per heavy atom. The minimum Gasteiger partial charge on any atom is -0.425 e. The highest BCUT2D eigenvalue weighted by Crippen LogP contribution is 2.28. The molecular weight excluding hydrogens is 340 g/mol. The maximum absolute atomic E-state index is 13.4. The van der Waals surface area contributed by atoms with Gasteiger partial charge in [0, 0.05) is 25.1 Å². The number of benzene rings is 1. The van der Waals surface area contributed by atoms with E-state index in [2.05, 4.69) is 31.0 Å². The van der Waals surface area contributed by atoms with E-state index in [1.807, 2.05) is 0 Å². The zero-order chi connectivity index (χ0) is 18.9. The molecule has 26 heavy (non-hydrogen) atoms. The van der Waals surface area contributed by atoms with Gasteiger partial charge in [0.1, 0.15) is 0 Å². The van der Waals surface area contributed by atoms with E-state index in [0.29, 0.717) is 31.3 Å². The smallest absolute Gasteiger partial charge is 0.253 e. The van der Waals surface area contributed by atoms with Crippen LogP contribution in [0.1, 0.15) is 61.7 Å². The number of hydrogen-bond acceptors (Lipinski definition) is 4. The molecule has 1 fully saturated rings.